The number of aliphatic hydroxyl groups excluding tert-OH is 1. The number of aliphatic hydroxyl groups is 1. The Labute approximate surface area is 120 Å². The highest BCUT2D eigenvalue weighted by Crippen LogP contribution is 2.33. The maximum Gasteiger partial charge on any atom is 0.251 e. The van der Waals surface area contributed by atoms with Crippen LogP contribution in [-0.4, -0.2) is 28.4 Å². The van der Waals surface area contributed by atoms with Crippen LogP contribution in [-0.2, 0) is 11.3 Å². The van der Waals surface area contributed by atoms with Gasteiger partial charge < -0.3 is 14.4 Å². The molecule has 1 atom stereocenters. The number of halogens is 1. The molecule has 0 unspecified atom stereocenters. The van der Waals surface area contributed by atoms with Gasteiger partial charge in [0.25, 0.3) is 5.56 Å². The van der Waals surface area contributed by atoms with Crippen molar-refractivity contribution >= 4 is 12.2 Å². The van der Waals surface area contributed by atoms with Gasteiger partial charge in [0, 0.05) is 24.4 Å². The average molecular weight is 298 g/mol. The maximum atomic E-state index is 13.3. The molecule has 0 fully saturated rings. The SMILES string of the molecule is COC1=CC(F)=CC[C@@H]1c1cc(=O)[nH]c(=S)n1CCO. The van der Waals surface area contributed by atoms with Gasteiger partial charge in [-0.15, -0.1) is 0 Å². The van der Waals surface area contributed by atoms with Crippen molar-refractivity contribution in [2.24, 2.45) is 0 Å². The summed E-state index contributed by atoms with van der Waals surface area (Å²) in [6.07, 6.45) is 3.09. The smallest absolute Gasteiger partial charge is 0.251 e. The maximum absolute atomic E-state index is 13.3. The number of rotatable bonds is 4. The molecule has 1 aromatic rings. The Bertz CT molecular complexity index is 675. The Hall–Kier alpha value is -1.73. The second-order valence-electron chi connectivity index (χ2n) is 4.37. The Balaban J connectivity index is 2.55. The molecule has 0 amide bonds. The average Bonchev–Trinajstić information content (AvgIpc) is 2.41. The summed E-state index contributed by atoms with van der Waals surface area (Å²) in [4.78, 5) is 14.1. The molecule has 1 heterocycles. The van der Waals surface area contributed by atoms with Crippen molar-refractivity contribution in [2.45, 2.75) is 18.9 Å². The summed E-state index contributed by atoms with van der Waals surface area (Å²) in [6, 6.07) is 1.40. The normalized spacial score (nSPS) is 18.4. The van der Waals surface area contributed by atoms with Crippen LogP contribution >= 0.6 is 12.2 Å². The third kappa shape index (κ3) is 2.88. The number of hydrogen-bond acceptors (Lipinski definition) is 4. The predicted octanol–water partition coefficient (Wildman–Crippen LogP) is 1.77. The third-order valence-electron chi connectivity index (χ3n) is 3.15. The van der Waals surface area contributed by atoms with Gasteiger partial charge in [-0.3, -0.25) is 9.78 Å². The first-order valence-corrected chi connectivity index (χ1v) is 6.53. The van der Waals surface area contributed by atoms with Gasteiger partial charge in [-0.2, -0.15) is 0 Å². The molecule has 0 spiro atoms. The molecule has 20 heavy (non-hydrogen) atoms. The molecule has 1 aliphatic carbocycles. The highest BCUT2D eigenvalue weighted by molar-refractivity contribution is 7.71. The van der Waals surface area contributed by atoms with E-state index in [4.69, 9.17) is 22.1 Å². The molecule has 0 bridgehead atoms. The van der Waals surface area contributed by atoms with E-state index in [2.05, 4.69) is 4.98 Å². The van der Waals surface area contributed by atoms with Gasteiger partial charge in [0.15, 0.2) is 4.77 Å². The number of nitrogens with one attached hydrogen (secondary N) is 1. The molecule has 0 saturated carbocycles. The molecule has 0 aliphatic heterocycles. The van der Waals surface area contributed by atoms with Crippen LogP contribution in [0.25, 0.3) is 0 Å². The first-order valence-electron chi connectivity index (χ1n) is 6.13. The molecule has 0 saturated heterocycles. The summed E-state index contributed by atoms with van der Waals surface area (Å²) in [5.74, 6) is -0.234. The van der Waals surface area contributed by atoms with E-state index in [0.717, 1.165) is 0 Å². The second-order valence-corrected chi connectivity index (χ2v) is 4.75. The fourth-order valence-corrected chi connectivity index (χ4v) is 2.56. The van der Waals surface area contributed by atoms with E-state index >= 15 is 0 Å². The zero-order valence-electron chi connectivity index (χ0n) is 10.9. The van der Waals surface area contributed by atoms with Crippen molar-refractivity contribution in [2.75, 3.05) is 13.7 Å². The zero-order valence-corrected chi connectivity index (χ0v) is 11.7. The first-order chi connectivity index (χ1) is 9.56. The van der Waals surface area contributed by atoms with E-state index in [9.17, 15) is 9.18 Å². The van der Waals surface area contributed by atoms with Gasteiger partial charge >= 0.3 is 0 Å². The summed E-state index contributed by atoms with van der Waals surface area (Å²) >= 11 is 5.11. The summed E-state index contributed by atoms with van der Waals surface area (Å²) in [6.45, 7) is 0.140. The van der Waals surface area contributed by atoms with E-state index in [-0.39, 0.29) is 35.2 Å². The number of ether oxygens (including phenoxy) is 1. The van der Waals surface area contributed by atoms with Crippen LogP contribution in [0.2, 0.25) is 0 Å². The van der Waals surface area contributed by atoms with Gasteiger partial charge in [-0.05, 0) is 24.7 Å². The van der Waals surface area contributed by atoms with Crippen molar-refractivity contribution in [3.63, 3.8) is 0 Å². The van der Waals surface area contributed by atoms with Crippen LogP contribution in [0.4, 0.5) is 4.39 Å². The minimum atomic E-state index is -0.366. The number of aromatic amines is 1. The van der Waals surface area contributed by atoms with Crippen LogP contribution in [0.3, 0.4) is 0 Å². The Morgan fingerprint density at radius 3 is 3.05 bits per heavy atom. The zero-order chi connectivity index (χ0) is 14.7. The molecule has 0 radical (unpaired) electrons. The van der Waals surface area contributed by atoms with E-state index in [1.807, 2.05) is 0 Å². The fourth-order valence-electron chi connectivity index (χ4n) is 2.27. The van der Waals surface area contributed by atoms with Crippen LogP contribution in [0.1, 0.15) is 18.0 Å². The lowest BCUT2D eigenvalue weighted by Crippen LogP contribution is -2.22. The number of H-pyrrole nitrogens is 1. The highest BCUT2D eigenvalue weighted by Gasteiger charge is 2.24. The quantitative estimate of drug-likeness (QED) is 0.831. The van der Waals surface area contributed by atoms with Crippen LogP contribution < -0.4 is 5.56 Å². The Morgan fingerprint density at radius 1 is 1.65 bits per heavy atom. The molecule has 2 N–H and O–H groups in total. The predicted molar refractivity (Wildman–Crippen MR) is 74.6 cm³/mol. The number of methoxy groups -OCH3 is 1. The van der Waals surface area contributed by atoms with Crippen molar-refractivity contribution < 1.29 is 14.2 Å². The molecular weight excluding hydrogens is 283 g/mol. The summed E-state index contributed by atoms with van der Waals surface area (Å²) in [5, 5.41) is 9.12. The minimum Gasteiger partial charge on any atom is -0.500 e. The van der Waals surface area contributed by atoms with Crippen molar-refractivity contribution in [1.29, 1.82) is 0 Å². The first kappa shape index (κ1) is 14.7. The van der Waals surface area contributed by atoms with Gasteiger partial charge in [0.05, 0.1) is 19.6 Å². The lowest BCUT2D eigenvalue weighted by molar-refractivity contribution is 0.249. The van der Waals surface area contributed by atoms with Crippen LogP contribution in [0.15, 0.2) is 34.6 Å². The Kier molecular flexibility index (Phi) is 4.51. The van der Waals surface area contributed by atoms with E-state index in [1.165, 1.54) is 25.3 Å². The molecule has 1 aliphatic rings. The fraction of sp³-hybridized carbons (Fsp3) is 0.385. The van der Waals surface area contributed by atoms with Gasteiger partial charge in [0.1, 0.15) is 11.6 Å². The molecular formula is C13H15FN2O3S. The summed E-state index contributed by atoms with van der Waals surface area (Å²) in [5.41, 5.74) is 0.273. The number of hydrogen-bond donors (Lipinski definition) is 2. The minimum absolute atomic E-state index is 0.115. The molecule has 1 aromatic heterocycles. The summed E-state index contributed by atoms with van der Waals surface area (Å²) < 4.78 is 20.3. The summed E-state index contributed by atoms with van der Waals surface area (Å²) in [7, 11) is 1.45. The number of aromatic nitrogens is 2. The van der Waals surface area contributed by atoms with E-state index in [0.29, 0.717) is 17.9 Å². The van der Waals surface area contributed by atoms with Crippen LogP contribution in [0.5, 0.6) is 0 Å². The largest absolute Gasteiger partial charge is 0.500 e. The second kappa shape index (κ2) is 6.15. The molecule has 108 valence electrons. The topological polar surface area (TPSA) is 67.2 Å². The standard InChI is InChI=1S/C13H15FN2O3S/c1-19-11-6-8(14)2-3-9(11)10-7-12(18)15-13(20)16(10)4-5-17/h2,6-7,9,17H,3-5H2,1H3,(H,15,18,20)/t9-/m1/s1. The van der Waals surface area contributed by atoms with Gasteiger partial charge in [-0.25, -0.2) is 4.39 Å². The number of nitrogens with zero attached hydrogens (tertiary/aromatic N) is 1. The highest BCUT2D eigenvalue weighted by atomic mass is 32.1. The van der Waals surface area contributed by atoms with Crippen molar-refractivity contribution in [3.05, 3.63) is 50.6 Å². The number of allylic oxidation sites excluding steroid dienone is 4. The lowest BCUT2D eigenvalue weighted by atomic mass is 9.94. The lowest BCUT2D eigenvalue weighted by Gasteiger charge is -2.24. The Morgan fingerprint density at radius 2 is 2.40 bits per heavy atom. The van der Waals surface area contributed by atoms with E-state index < -0.39 is 0 Å². The van der Waals surface area contributed by atoms with E-state index in [1.54, 1.807) is 4.57 Å². The monoisotopic (exact) mass is 298 g/mol. The molecule has 7 heteroatoms. The van der Waals surface area contributed by atoms with Crippen molar-refractivity contribution in [1.82, 2.24) is 9.55 Å². The van der Waals surface area contributed by atoms with Crippen molar-refractivity contribution in [3.8, 4) is 0 Å². The van der Waals surface area contributed by atoms with Gasteiger partial charge in [-0.1, -0.05) is 0 Å². The molecule has 5 nitrogen and oxygen atoms in total. The third-order valence-corrected chi connectivity index (χ3v) is 3.48. The molecule has 0 aromatic carbocycles. The van der Waals surface area contributed by atoms with Gasteiger partial charge in [0.2, 0.25) is 0 Å². The molecule has 2 rings (SSSR count). The van der Waals surface area contributed by atoms with Crippen LogP contribution in [0, 0.1) is 4.77 Å².